The van der Waals surface area contributed by atoms with Gasteiger partial charge in [-0.15, -0.1) is 11.3 Å². The number of nitrogens with one attached hydrogen (secondary N) is 2. The molecule has 4 heterocycles. The third kappa shape index (κ3) is 6.49. The van der Waals surface area contributed by atoms with E-state index in [-0.39, 0.29) is 39.9 Å². The van der Waals surface area contributed by atoms with Gasteiger partial charge in [0.05, 0.1) is 28.7 Å². The van der Waals surface area contributed by atoms with Crippen molar-refractivity contribution in [3.63, 3.8) is 0 Å². The molecule has 2 atom stereocenters. The van der Waals surface area contributed by atoms with E-state index in [0.717, 1.165) is 24.4 Å². The number of alkyl halides is 3. The zero-order valence-corrected chi connectivity index (χ0v) is 25.5. The van der Waals surface area contributed by atoms with E-state index in [9.17, 15) is 27.6 Å². The Labute approximate surface area is 255 Å². The molecule has 2 aliphatic rings. The maximum Gasteiger partial charge on any atom is 0.417 e. The van der Waals surface area contributed by atoms with E-state index in [1.807, 2.05) is 32.8 Å². The molecule has 236 valence electrons. The van der Waals surface area contributed by atoms with Crippen molar-refractivity contribution in [1.29, 1.82) is 0 Å². The Morgan fingerprint density at radius 3 is 2.34 bits per heavy atom. The van der Waals surface area contributed by atoms with Gasteiger partial charge in [0.1, 0.15) is 15.7 Å². The van der Waals surface area contributed by atoms with Crippen molar-refractivity contribution >= 4 is 34.5 Å². The molecular weight excluding hydrogens is 602 g/mol. The monoisotopic (exact) mass is 635 g/mol. The van der Waals surface area contributed by atoms with Crippen molar-refractivity contribution in [2.24, 2.45) is 0 Å². The van der Waals surface area contributed by atoms with Gasteiger partial charge in [-0.25, -0.2) is 9.37 Å². The third-order valence-electron chi connectivity index (χ3n) is 8.25. The van der Waals surface area contributed by atoms with Crippen LogP contribution in [-0.2, 0) is 6.18 Å². The zero-order valence-electron chi connectivity index (χ0n) is 24.7. The fourth-order valence-corrected chi connectivity index (χ4v) is 6.34. The molecule has 5 rings (SSSR count). The molecule has 15 heteroatoms. The van der Waals surface area contributed by atoms with Crippen LogP contribution in [0.3, 0.4) is 0 Å². The highest BCUT2D eigenvalue weighted by Crippen LogP contribution is 2.38. The number of rotatable bonds is 5. The van der Waals surface area contributed by atoms with E-state index < -0.39 is 34.6 Å². The molecule has 0 radical (unpaired) electrons. The molecule has 0 spiro atoms. The minimum Gasteiger partial charge on any atom is -0.367 e. The van der Waals surface area contributed by atoms with Gasteiger partial charge in [-0.2, -0.15) is 13.2 Å². The fourth-order valence-electron chi connectivity index (χ4n) is 5.44. The molecule has 0 saturated carbocycles. The number of benzene rings is 1. The van der Waals surface area contributed by atoms with E-state index in [2.05, 4.69) is 25.1 Å². The number of halogens is 4. The number of hydrogen-bond acceptors (Lipinski definition) is 8. The molecule has 2 N–H and O–H groups in total. The Bertz CT molecular complexity index is 1600. The van der Waals surface area contributed by atoms with E-state index in [1.165, 1.54) is 18.3 Å². The first kappa shape index (κ1) is 31.6. The van der Waals surface area contributed by atoms with Gasteiger partial charge in [-0.05, 0) is 34.0 Å². The quantitative estimate of drug-likeness (QED) is 0.411. The SMILES string of the molecule is CC1CN(c2cc(F)c(-c3ncc(C(=O)N4CCN(C)CC4)s3)cc2NC(=O)c2c[nH]c(=O)cc2C(F)(F)F)CC(C)N1C. The van der Waals surface area contributed by atoms with Crippen molar-refractivity contribution in [3.05, 3.63) is 62.8 Å². The van der Waals surface area contributed by atoms with Crippen LogP contribution in [0.2, 0.25) is 0 Å². The summed E-state index contributed by atoms with van der Waals surface area (Å²) in [4.78, 5) is 52.6. The Balaban J connectivity index is 1.53. The second-order valence-corrected chi connectivity index (χ2v) is 12.3. The van der Waals surface area contributed by atoms with Crippen molar-refractivity contribution in [2.75, 3.05) is 63.6 Å². The van der Waals surface area contributed by atoms with Gasteiger partial charge in [0.15, 0.2) is 0 Å². The zero-order chi connectivity index (χ0) is 31.9. The number of thiazole rings is 1. The number of amides is 2. The normalized spacial score (nSPS) is 20.2. The first-order valence-electron chi connectivity index (χ1n) is 14.1. The average Bonchev–Trinajstić information content (AvgIpc) is 3.46. The maximum absolute atomic E-state index is 15.8. The summed E-state index contributed by atoms with van der Waals surface area (Å²) < 4.78 is 57.0. The largest absolute Gasteiger partial charge is 0.417 e. The summed E-state index contributed by atoms with van der Waals surface area (Å²) in [5.74, 6) is -2.01. The highest BCUT2D eigenvalue weighted by atomic mass is 32.1. The van der Waals surface area contributed by atoms with Gasteiger partial charge in [0, 0.05) is 75.2 Å². The number of aromatic nitrogens is 2. The lowest BCUT2D eigenvalue weighted by Crippen LogP contribution is -2.55. The number of anilines is 2. The summed E-state index contributed by atoms with van der Waals surface area (Å²) in [6.07, 6.45) is -2.87. The second kappa shape index (κ2) is 12.3. The Hall–Kier alpha value is -3.82. The molecule has 0 aliphatic carbocycles. The van der Waals surface area contributed by atoms with Crippen molar-refractivity contribution < 1.29 is 27.2 Å². The number of piperazine rings is 2. The predicted octanol–water partition coefficient (Wildman–Crippen LogP) is 3.83. The molecule has 10 nitrogen and oxygen atoms in total. The summed E-state index contributed by atoms with van der Waals surface area (Å²) >= 11 is 0.999. The van der Waals surface area contributed by atoms with E-state index in [4.69, 9.17) is 0 Å². The van der Waals surface area contributed by atoms with Crippen molar-refractivity contribution in [3.8, 4) is 10.6 Å². The molecule has 0 bridgehead atoms. The number of aromatic amines is 1. The average molecular weight is 636 g/mol. The first-order chi connectivity index (χ1) is 20.7. The van der Waals surface area contributed by atoms with E-state index in [0.29, 0.717) is 43.3 Å². The van der Waals surface area contributed by atoms with E-state index in [1.54, 1.807) is 4.90 Å². The van der Waals surface area contributed by atoms with E-state index >= 15 is 4.39 Å². The number of carbonyl (C=O) groups is 2. The number of H-pyrrole nitrogens is 1. The van der Waals surface area contributed by atoms with Crippen LogP contribution < -0.4 is 15.8 Å². The topological polar surface area (TPSA) is 105 Å². The predicted molar refractivity (Wildman–Crippen MR) is 160 cm³/mol. The summed E-state index contributed by atoms with van der Waals surface area (Å²) in [6, 6.07) is 3.00. The molecule has 3 aromatic rings. The van der Waals surface area contributed by atoms with Gasteiger partial charge in [-0.3, -0.25) is 19.3 Å². The molecule has 44 heavy (non-hydrogen) atoms. The van der Waals surface area contributed by atoms with Crippen molar-refractivity contribution in [2.45, 2.75) is 32.1 Å². The Kier molecular flexibility index (Phi) is 8.82. The molecule has 2 aromatic heterocycles. The smallest absolute Gasteiger partial charge is 0.367 e. The van der Waals surface area contributed by atoms with Gasteiger partial charge >= 0.3 is 6.18 Å². The first-order valence-corrected chi connectivity index (χ1v) is 14.9. The van der Waals surface area contributed by atoms with Crippen molar-refractivity contribution in [1.82, 2.24) is 24.7 Å². The van der Waals surface area contributed by atoms with Gasteiger partial charge in [0.2, 0.25) is 5.56 Å². The van der Waals surface area contributed by atoms with Crippen LogP contribution in [0.15, 0.2) is 35.4 Å². The molecule has 2 saturated heterocycles. The molecule has 1 aromatic carbocycles. The highest BCUT2D eigenvalue weighted by Gasteiger charge is 2.36. The number of hydrogen-bond donors (Lipinski definition) is 2. The minimum atomic E-state index is -4.96. The van der Waals surface area contributed by atoms with Gasteiger partial charge in [-0.1, -0.05) is 0 Å². The highest BCUT2D eigenvalue weighted by molar-refractivity contribution is 7.16. The van der Waals surface area contributed by atoms with Crippen LogP contribution in [0.1, 0.15) is 39.4 Å². The summed E-state index contributed by atoms with van der Waals surface area (Å²) in [5, 5.41) is 2.72. The maximum atomic E-state index is 15.8. The van der Waals surface area contributed by atoms with Crippen LogP contribution in [0.4, 0.5) is 28.9 Å². The molecule has 2 fully saturated rings. The van der Waals surface area contributed by atoms with Crippen LogP contribution >= 0.6 is 11.3 Å². The standard InChI is InChI=1S/C29H33F4N7O3S/c1-16-14-40(15-17(2)38(16)4)23-11-21(30)18(27-35-13-24(44-27)28(43)39-7-5-37(3)6-8-39)9-22(23)36-26(42)19-12-34-25(41)10-20(19)29(31,32)33/h9-13,16-17H,5-8,14-15H2,1-4H3,(H,34,41)(H,36,42). The molecule has 2 unspecified atom stereocenters. The Morgan fingerprint density at radius 1 is 1.05 bits per heavy atom. The molecule has 2 amide bonds. The molecule has 2 aliphatic heterocycles. The second-order valence-electron chi connectivity index (χ2n) is 11.3. The van der Waals surface area contributed by atoms with Gasteiger partial charge < -0.3 is 25.0 Å². The lowest BCUT2D eigenvalue weighted by Gasteiger charge is -2.44. The number of likely N-dealkylation sites (N-methyl/N-ethyl adjacent to an activating group) is 2. The lowest BCUT2D eigenvalue weighted by molar-refractivity contribution is -0.138. The summed E-state index contributed by atoms with van der Waals surface area (Å²) in [6.45, 7) is 7.48. The lowest BCUT2D eigenvalue weighted by atomic mass is 10.1. The van der Waals surface area contributed by atoms with Crippen LogP contribution in [0.5, 0.6) is 0 Å². The van der Waals surface area contributed by atoms with Gasteiger partial charge in [0.25, 0.3) is 11.8 Å². The number of carbonyl (C=O) groups excluding carboxylic acids is 2. The Morgan fingerprint density at radius 2 is 1.70 bits per heavy atom. The number of pyridine rings is 1. The third-order valence-corrected chi connectivity index (χ3v) is 9.26. The fraction of sp³-hybridized carbons (Fsp3) is 0.448. The number of nitrogens with zero attached hydrogens (tertiary/aromatic N) is 5. The van der Waals surface area contributed by atoms with Crippen LogP contribution in [0.25, 0.3) is 10.6 Å². The summed E-state index contributed by atoms with van der Waals surface area (Å²) in [7, 11) is 3.94. The minimum absolute atomic E-state index is 0.0146. The summed E-state index contributed by atoms with van der Waals surface area (Å²) in [5.41, 5.74) is -2.85. The molecular formula is C29H33F4N7O3S. The van der Waals surface area contributed by atoms with Crippen LogP contribution in [0, 0.1) is 5.82 Å². The van der Waals surface area contributed by atoms with Crippen LogP contribution in [-0.4, -0.2) is 102 Å².